The molecule has 1 atom stereocenters. The Balaban J connectivity index is 0.983. The first-order valence-corrected chi connectivity index (χ1v) is 22.6. The monoisotopic (exact) mass is 810 g/mol. The third-order valence-electron chi connectivity index (χ3n) is 14.5. The Morgan fingerprint density at radius 1 is 0.403 bits per heavy atom. The van der Waals surface area contributed by atoms with E-state index in [-0.39, 0.29) is 16.7 Å². The molecule has 0 saturated carbocycles. The van der Waals surface area contributed by atoms with E-state index in [1.165, 1.54) is 98.1 Å². The van der Waals surface area contributed by atoms with Crippen molar-refractivity contribution in [1.29, 1.82) is 0 Å². The first-order chi connectivity index (χ1) is 30.4. The van der Waals surface area contributed by atoms with Crippen molar-refractivity contribution in [3.63, 3.8) is 0 Å². The van der Waals surface area contributed by atoms with Crippen molar-refractivity contribution in [3.8, 4) is 33.4 Å². The van der Waals surface area contributed by atoms with Crippen LogP contribution in [0, 0.1) is 0 Å². The van der Waals surface area contributed by atoms with Crippen LogP contribution in [0.5, 0.6) is 0 Å². The summed E-state index contributed by atoms with van der Waals surface area (Å²) in [6.07, 6.45) is 0. The summed E-state index contributed by atoms with van der Waals surface area (Å²) in [4.78, 5) is 0. The SMILES string of the molecule is CC1(C)c2ccccc2-c2ccc(C(c3ccc(-c4cccc5c4sc4ccccc45)cc3)c3ccc4oc5c(C6(C)c7ccccc7-c7ccccc76)cccc5c4c3)cc21. The number of furan rings is 1. The lowest BCUT2D eigenvalue weighted by Gasteiger charge is -2.28. The summed E-state index contributed by atoms with van der Waals surface area (Å²) >= 11 is 1.89. The Kier molecular flexibility index (Phi) is 7.49. The minimum absolute atomic E-state index is 0.00221. The average molecular weight is 811 g/mol. The predicted octanol–water partition coefficient (Wildman–Crippen LogP) is 16.4. The minimum atomic E-state index is -0.358. The van der Waals surface area contributed by atoms with Crippen LogP contribution < -0.4 is 0 Å². The van der Waals surface area contributed by atoms with Gasteiger partial charge in [-0.25, -0.2) is 0 Å². The highest BCUT2D eigenvalue weighted by Crippen LogP contribution is 2.55. The molecule has 2 aromatic heterocycles. The zero-order valence-corrected chi connectivity index (χ0v) is 35.7. The lowest BCUT2D eigenvalue weighted by atomic mass is 9.74. The Morgan fingerprint density at radius 3 is 1.73 bits per heavy atom. The van der Waals surface area contributed by atoms with Gasteiger partial charge in [0.1, 0.15) is 11.2 Å². The number of hydrogen-bond acceptors (Lipinski definition) is 2. The number of para-hydroxylation sites is 1. The Bertz CT molecular complexity index is 3590. The molecular formula is C60H42OS. The van der Waals surface area contributed by atoms with Crippen LogP contribution in [-0.4, -0.2) is 0 Å². The maximum absolute atomic E-state index is 6.98. The second-order valence-corrected chi connectivity index (χ2v) is 19.1. The second kappa shape index (κ2) is 13.0. The zero-order chi connectivity index (χ0) is 41.3. The summed E-state index contributed by atoms with van der Waals surface area (Å²) in [5.74, 6) is -0.00221. The number of hydrogen-bond donors (Lipinski definition) is 0. The second-order valence-electron chi connectivity index (χ2n) is 18.1. The zero-order valence-electron chi connectivity index (χ0n) is 34.9. The van der Waals surface area contributed by atoms with Crippen LogP contribution in [-0.2, 0) is 10.8 Å². The quantitative estimate of drug-likeness (QED) is 0.158. The van der Waals surface area contributed by atoms with E-state index in [0.717, 1.165) is 21.9 Å². The fourth-order valence-electron chi connectivity index (χ4n) is 11.4. The van der Waals surface area contributed by atoms with E-state index in [1.807, 2.05) is 11.3 Å². The van der Waals surface area contributed by atoms with E-state index in [9.17, 15) is 0 Å². The molecule has 0 radical (unpaired) electrons. The largest absolute Gasteiger partial charge is 0.456 e. The number of rotatable bonds is 5. The predicted molar refractivity (Wildman–Crippen MR) is 261 cm³/mol. The third kappa shape index (κ3) is 4.90. The Morgan fingerprint density at radius 2 is 0.952 bits per heavy atom. The molecule has 2 heteroatoms. The van der Waals surface area contributed by atoms with Crippen molar-refractivity contribution < 1.29 is 4.42 Å². The average Bonchev–Trinajstić information content (AvgIpc) is 4.03. The van der Waals surface area contributed by atoms with Crippen molar-refractivity contribution in [2.24, 2.45) is 0 Å². The smallest absolute Gasteiger partial charge is 0.139 e. The Hall–Kier alpha value is -7.00. The normalized spacial score (nSPS) is 14.9. The molecule has 62 heavy (non-hydrogen) atoms. The summed E-state index contributed by atoms with van der Waals surface area (Å²) in [6, 6.07) is 72.5. The summed E-state index contributed by atoms with van der Waals surface area (Å²) in [5.41, 5.74) is 19.7. The van der Waals surface area contributed by atoms with Gasteiger partial charge in [-0.05, 0) is 97.4 Å². The lowest BCUT2D eigenvalue weighted by molar-refractivity contribution is 0.637. The molecule has 11 aromatic rings. The molecule has 2 heterocycles. The molecular weight excluding hydrogens is 769 g/mol. The summed E-state index contributed by atoms with van der Waals surface area (Å²) in [6.45, 7) is 7.13. The lowest BCUT2D eigenvalue weighted by Crippen LogP contribution is -2.22. The van der Waals surface area contributed by atoms with Gasteiger partial charge in [0.25, 0.3) is 0 Å². The van der Waals surface area contributed by atoms with Gasteiger partial charge in [0.2, 0.25) is 0 Å². The fraction of sp³-hybridized carbons (Fsp3) is 0.100. The highest BCUT2D eigenvalue weighted by Gasteiger charge is 2.42. The van der Waals surface area contributed by atoms with Crippen LogP contribution in [0.1, 0.15) is 71.2 Å². The maximum atomic E-state index is 6.98. The van der Waals surface area contributed by atoms with Crippen molar-refractivity contribution in [1.82, 2.24) is 0 Å². The van der Waals surface area contributed by atoms with E-state index in [1.54, 1.807) is 0 Å². The highest BCUT2D eigenvalue weighted by molar-refractivity contribution is 7.26. The third-order valence-corrected chi connectivity index (χ3v) is 15.7. The van der Waals surface area contributed by atoms with Crippen LogP contribution in [0.3, 0.4) is 0 Å². The maximum Gasteiger partial charge on any atom is 0.139 e. The van der Waals surface area contributed by atoms with E-state index in [0.29, 0.717) is 0 Å². The molecule has 0 N–H and O–H groups in total. The van der Waals surface area contributed by atoms with Gasteiger partial charge in [0, 0.05) is 53.3 Å². The van der Waals surface area contributed by atoms with Gasteiger partial charge < -0.3 is 4.42 Å². The summed E-state index contributed by atoms with van der Waals surface area (Å²) in [5, 5.41) is 4.95. The summed E-state index contributed by atoms with van der Waals surface area (Å²) < 4.78 is 9.65. The molecule has 0 fully saturated rings. The molecule has 2 aliphatic carbocycles. The van der Waals surface area contributed by atoms with Gasteiger partial charge in [-0.2, -0.15) is 0 Å². The first kappa shape index (κ1) is 35.7. The molecule has 0 aliphatic heterocycles. The van der Waals surface area contributed by atoms with Crippen molar-refractivity contribution in [2.45, 2.75) is 37.5 Å². The minimum Gasteiger partial charge on any atom is -0.456 e. The van der Waals surface area contributed by atoms with Gasteiger partial charge in [-0.15, -0.1) is 11.3 Å². The molecule has 0 spiro atoms. The first-order valence-electron chi connectivity index (χ1n) is 21.8. The molecule has 13 rings (SSSR count). The number of fused-ring (bicyclic) bond motifs is 12. The van der Waals surface area contributed by atoms with Gasteiger partial charge in [0.15, 0.2) is 0 Å². The van der Waals surface area contributed by atoms with E-state index >= 15 is 0 Å². The molecule has 294 valence electrons. The molecule has 1 unspecified atom stereocenters. The van der Waals surface area contributed by atoms with E-state index < -0.39 is 0 Å². The highest BCUT2D eigenvalue weighted by atomic mass is 32.1. The van der Waals surface area contributed by atoms with Gasteiger partial charge in [0.05, 0.1) is 0 Å². The van der Waals surface area contributed by atoms with Gasteiger partial charge in [-0.1, -0.05) is 190 Å². The van der Waals surface area contributed by atoms with Crippen LogP contribution in [0.15, 0.2) is 199 Å². The molecule has 0 saturated heterocycles. The standard InChI is InChI=1S/C60H42OS/c1-59(2)49-21-8-4-14-41(49)44-32-30-39(35-53(44)59)56(37-28-26-36(27-29-37)40-18-12-20-47-45-17-7-11-25-55(45)62-58(40)47)38-31-33-54-48(34-38)46-19-13-24-52(57(46)61-54)60(3)50-22-9-5-15-42(50)43-16-6-10-23-51(43)60/h4-35,56H,1-3H3. The number of benzene rings is 9. The summed E-state index contributed by atoms with van der Waals surface area (Å²) in [7, 11) is 0. The van der Waals surface area contributed by atoms with Crippen molar-refractivity contribution in [3.05, 3.63) is 239 Å². The molecule has 0 bridgehead atoms. The van der Waals surface area contributed by atoms with Crippen molar-refractivity contribution in [2.75, 3.05) is 0 Å². The van der Waals surface area contributed by atoms with Crippen LogP contribution in [0.2, 0.25) is 0 Å². The van der Waals surface area contributed by atoms with E-state index in [4.69, 9.17) is 4.42 Å². The van der Waals surface area contributed by atoms with Crippen LogP contribution >= 0.6 is 11.3 Å². The topological polar surface area (TPSA) is 13.1 Å². The van der Waals surface area contributed by atoms with Crippen LogP contribution in [0.4, 0.5) is 0 Å². The van der Waals surface area contributed by atoms with Gasteiger partial charge >= 0.3 is 0 Å². The fourth-order valence-corrected chi connectivity index (χ4v) is 12.7. The van der Waals surface area contributed by atoms with E-state index in [2.05, 4.69) is 215 Å². The van der Waals surface area contributed by atoms with Crippen LogP contribution in [0.25, 0.3) is 75.5 Å². The molecule has 2 aliphatic rings. The van der Waals surface area contributed by atoms with Gasteiger partial charge in [-0.3, -0.25) is 0 Å². The molecule has 0 amide bonds. The molecule has 1 nitrogen and oxygen atoms in total. The molecule has 9 aromatic carbocycles. The number of thiophene rings is 1. The van der Waals surface area contributed by atoms with Crippen molar-refractivity contribution >= 4 is 53.4 Å². The Labute approximate surface area is 365 Å².